The van der Waals surface area contributed by atoms with Crippen molar-refractivity contribution in [3.63, 3.8) is 0 Å². The van der Waals surface area contributed by atoms with Gasteiger partial charge in [0, 0.05) is 17.0 Å². The van der Waals surface area contributed by atoms with E-state index in [9.17, 15) is 9.59 Å². The number of carbonyl (C=O) groups excluding carboxylic acids is 2. The molecule has 2 aliphatic heterocycles. The summed E-state index contributed by atoms with van der Waals surface area (Å²) < 4.78 is 0. The summed E-state index contributed by atoms with van der Waals surface area (Å²) in [6, 6.07) is 7.88. The van der Waals surface area contributed by atoms with E-state index < -0.39 is 11.1 Å². The molecule has 1 aromatic heterocycles. The average Bonchev–Trinajstić information content (AvgIpc) is 3.05. The highest BCUT2D eigenvalue weighted by molar-refractivity contribution is 6.03. The second kappa shape index (κ2) is 6.32. The van der Waals surface area contributed by atoms with Crippen molar-refractivity contribution in [2.24, 2.45) is 11.3 Å². The van der Waals surface area contributed by atoms with Gasteiger partial charge in [0.05, 0.1) is 24.1 Å². The molecule has 1 saturated carbocycles. The van der Waals surface area contributed by atoms with E-state index in [1.807, 2.05) is 38.1 Å². The summed E-state index contributed by atoms with van der Waals surface area (Å²) in [5.74, 6) is -0.502. The topological polar surface area (TPSA) is 98.9 Å². The van der Waals surface area contributed by atoms with Gasteiger partial charge in [0.15, 0.2) is 0 Å². The molecule has 5 rings (SSSR count). The Labute approximate surface area is 175 Å². The molecule has 154 valence electrons. The molecule has 1 aliphatic carbocycles. The molecule has 3 heterocycles. The second-order valence-electron chi connectivity index (χ2n) is 8.81. The Morgan fingerprint density at radius 2 is 2.00 bits per heavy atom. The molecule has 4 atom stereocenters. The predicted molar refractivity (Wildman–Crippen MR) is 114 cm³/mol. The van der Waals surface area contributed by atoms with E-state index in [0.29, 0.717) is 12.1 Å². The number of allylic oxidation sites excluding steroid dienone is 2. The molecule has 2 fully saturated rings. The first-order chi connectivity index (χ1) is 14.4. The first-order valence-electron chi connectivity index (χ1n) is 10.2. The van der Waals surface area contributed by atoms with Gasteiger partial charge in [-0.25, -0.2) is 4.98 Å². The number of aromatic nitrogens is 2. The van der Waals surface area contributed by atoms with Gasteiger partial charge in [0.1, 0.15) is 11.4 Å². The van der Waals surface area contributed by atoms with Crippen LogP contribution in [0.2, 0.25) is 0 Å². The van der Waals surface area contributed by atoms with Crippen LogP contribution in [0.15, 0.2) is 54.1 Å². The van der Waals surface area contributed by atoms with E-state index in [1.54, 1.807) is 18.6 Å². The zero-order chi connectivity index (χ0) is 21.1. The van der Waals surface area contributed by atoms with Crippen LogP contribution in [0.3, 0.4) is 0 Å². The molecule has 30 heavy (non-hydrogen) atoms. The summed E-state index contributed by atoms with van der Waals surface area (Å²) in [6.45, 7) is 6.18. The Hall–Kier alpha value is -3.35. The van der Waals surface area contributed by atoms with Crippen molar-refractivity contribution in [1.82, 2.24) is 20.6 Å². The minimum Gasteiger partial charge on any atom is -0.357 e. The molecule has 1 saturated heterocycles. The standard InChI is InChI=1S/C23H25N5O2/c1-13(2)8-9-16-20(29)26-17-7-5-4-6-15(17)19-22(16,3)23(19)27-18(21(30)28-23)10-14-11-24-12-25-14/h4-8,10-12,16,19,27H,9H2,1-3H3,(H,24,25)(H,26,29)(H,28,30)/b18-10-/t16-,19+,22+,23?/m0/s1. The van der Waals surface area contributed by atoms with Crippen molar-refractivity contribution >= 4 is 23.6 Å². The number of anilines is 1. The van der Waals surface area contributed by atoms with Crippen LogP contribution in [-0.2, 0) is 9.59 Å². The van der Waals surface area contributed by atoms with E-state index in [0.717, 1.165) is 16.9 Å². The lowest BCUT2D eigenvalue weighted by atomic mass is 9.83. The lowest BCUT2D eigenvalue weighted by molar-refractivity contribution is -0.122. The number of rotatable bonds is 3. The van der Waals surface area contributed by atoms with Crippen LogP contribution in [0.1, 0.15) is 44.4 Å². The van der Waals surface area contributed by atoms with Gasteiger partial charge in [-0.1, -0.05) is 36.8 Å². The lowest BCUT2D eigenvalue weighted by Crippen LogP contribution is -2.45. The molecule has 2 amide bonds. The summed E-state index contributed by atoms with van der Waals surface area (Å²) in [7, 11) is 0. The van der Waals surface area contributed by atoms with Crippen molar-refractivity contribution in [3.8, 4) is 0 Å². The van der Waals surface area contributed by atoms with Gasteiger partial charge < -0.3 is 20.9 Å². The van der Waals surface area contributed by atoms with Gasteiger partial charge in [0.2, 0.25) is 5.91 Å². The highest BCUT2D eigenvalue weighted by Gasteiger charge is 2.81. The number of benzene rings is 1. The van der Waals surface area contributed by atoms with Crippen LogP contribution in [0.4, 0.5) is 5.69 Å². The highest BCUT2D eigenvalue weighted by atomic mass is 16.2. The Bertz CT molecular complexity index is 1100. The number of nitrogens with zero attached hydrogens (tertiary/aromatic N) is 1. The maximum atomic E-state index is 13.3. The third-order valence-corrected chi connectivity index (χ3v) is 6.84. The molecule has 2 aromatic rings. The minimum atomic E-state index is -0.704. The maximum absolute atomic E-state index is 13.3. The largest absolute Gasteiger partial charge is 0.357 e. The number of hydrogen-bond donors (Lipinski definition) is 4. The number of nitrogens with one attached hydrogen (secondary N) is 4. The Kier molecular flexibility index (Phi) is 3.93. The van der Waals surface area contributed by atoms with Gasteiger partial charge in [-0.2, -0.15) is 0 Å². The van der Waals surface area contributed by atoms with Crippen LogP contribution in [0.5, 0.6) is 0 Å². The van der Waals surface area contributed by atoms with Crippen molar-refractivity contribution in [2.75, 3.05) is 5.32 Å². The molecule has 1 spiro atoms. The van der Waals surface area contributed by atoms with E-state index in [-0.39, 0.29) is 23.7 Å². The SMILES string of the molecule is CC(C)=CC[C@H]1C(=O)Nc2ccccc2[C@H]2C3(NC(=O)/C(=C/c4cnc[nH]4)N3)[C@]12C. The van der Waals surface area contributed by atoms with Crippen molar-refractivity contribution in [2.45, 2.75) is 38.8 Å². The second-order valence-corrected chi connectivity index (χ2v) is 8.81. The molecule has 1 aromatic carbocycles. The Morgan fingerprint density at radius 3 is 2.73 bits per heavy atom. The van der Waals surface area contributed by atoms with Crippen molar-refractivity contribution in [3.05, 3.63) is 65.4 Å². The summed E-state index contributed by atoms with van der Waals surface area (Å²) in [5, 5.41) is 9.78. The lowest BCUT2D eigenvalue weighted by Gasteiger charge is -2.26. The fourth-order valence-corrected chi connectivity index (χ4v) is 5.30. The Morgan fingerprint density at radius 1 is 1.20 bits per heavy atom. The van der Waals surface area contributed by atoms with E-state index in [1.165, 1.54) is 5.57 Å². The first-order valence-corrected chi connectivity index (χ1v) is 10.2. The number of imidazole rings is 1. The zero-order valence-corrected chi connectivity index (χ0v) is 17.2. The predicted octanol–water partition coefficient (Wildman–Crippen LogP) is 2.89. The average molecular weight is 403 g/mol. The monoisotopic (exact) mass is 403 g/mol. The van der Waals surface area contributed by atoms with E-state index in [4.69, 9.17) is 0 Å². The normalized spacial score (nSPS) is 32.6. The van der Waals surface area contributed by atoms with Crippen LogP contribution >= 0.6 is 0 Å². The van der Waals surface area contributed by atoms with Gasteiger partial charge >= 0.3 is 0 Å². The van der Waals surface area contributed by atoms with Crippen molar-refractivity contribution in [1.29, 1.82) is 0 Å². The molecule has 3 aliphatic rings. The van der Waals surface area contributed by atoms with Gasteiger partial charge in [-0.05, 0) is 38.0 Å². The first kappa shape index (κ1) is 18.7. The number of carbonyl (C=O) groups is 2. The molecular weight excluding hydrogens is 378 g/mol. The van der Waals surface area contributed by atoms with Crippen LogP contribution < -0.4 is 16.0 Å². The molecule has 1 unspecified atom stereocenters. The fraction of sp³-hybridized carbons (Fsp3) is 0.348. The van der Waals surface area contributed by atoms with Crippen LogP contribution in [0.25, 0.3) is 6.08 Å². The minimum absolute atomic E-state index is 0.0103. The number of para-hydroxylation sites is 1. The summed E-state index contributed by atoms with van der Waals surface area (Å²) in [4.78, 5) is 33.2. The van der Waals surface area contributed by atoms with Gasteiger partial charge in [-0.3, -0.25) is 9.59 Å². The Balaban J connectivity index is 1.61. The summed E-state index contributed by atoms with van der Waals surface area (Å²) in [5.41, 5.74) is 3.07. The highest BCUT2D eigenvalue weighted by Crippen LogP contribution is 2.73. The maximum Gasteiger partial charge on any atom is 0.269 e. The molecule has 7 heteroatoms. The van der Waals surface area contributed by atoms with Crippen LogP contribution in [0, 0.1) is 11.3 Å². The third kappa shape index (κ3) is 2.47. The van der Waals surface area contributed by atoms with Gasteiger partial charge in [0.25, 0.3) is 5.91 Å². The molecule has 7 nitrogen and oxygen atoms in total. The van der Waals surface area contributed by atoms with Gasteiger partial charge in [-0.15, -0.1) is 0 Å². The number of hydrogen-bond acceptors (Lipinski definition) is 4. The summed E-state index contributed by atoms with van der Waals surface area (Å²) >= 11 is 0. The number of aromatic amines is 1. The molecule has 0 radical (unpaired) electrons. The number of fused-ring (bicyclic) bond motifs is 5. The molecule has 0 bridgehead atoms. The molecule has 4 N–H and O–H groups in total. The molecular formula is C23H25N5O2. The quantitative estimate of drug-likeness (QED) is 0.468. The number of amides is 2. The van der Waals surface area contributed by atoms with E-state index in [2.05, 4.69) is 38.9 Å². The number of H-pyrrole nitrogens is 1. The summed E-state index contributed by atoms with van der Waals surface area (Å²) in [6.07, 6.45) is 7.73. The fourth-order valence-electron chi connectivity index (χ4n) is 5.30. The third-order valence-electron chi connectivity index (χ3n) is 6.84. The smallest absolute Gasteiger partial charge is 0.269 e. The van der Waals surface area contributed by atoms with Crippen LogP contribution in [-0.4, -0.2) is 27.4 Å². The van der Waals surface area contributed by atoms with E-state index >= 15 is 0 Å². The van der Waals surface area contributed by atoms with Crippen molar-refractivity contribution < 1.29 is 9.59 Å². The zero-order valence-electron chi connectivity index (χ0n) is 17.2.